The number of nitrogens with zero attached hydrogens (tertiary/aromatic N) is 2. The molecule has 0 bridgehead atoms. The van der Waals surface area contributed by atoms with Crippen molar-refractivity contribution in [2.75, 3.05) is 13.6 Å². The summed E-state index contributed by atoms with van der Waals surface area (Å²) < 4.78 is 59.9. The second-order valence-electron chi connectivity index (χ2n) is 5.00. The van der Waals surface area contributed by atoms with Crippen LogP contribution in [0.25, 0.3) is 5.57 Å². The monoisotopic (exact) mass is 344 g/mol. The van der Waals surface area contributed by atoms with Crippen LogP contribution in [0.2, 0.25) is 0 Å². The molecule has 1 aromatic carbocycles. The molecule has 0 radical (unpaired) electrons. The van der Waals surface area contributed by atoms with Crippen LogP contribution in [0.4, 0.5) is 25.2 Å². The zero-order valence-electron chi connectivity index (χ0n) is 11.6. The van der Waals surface area contributed by atoms with Crippen molar-refractivity contribution >= 4 is 19.7 Å². The Labute approximate surface area is 123 Å². The van der Waals surface area contributed by atoms with E-state index in [1.54, 1.807) is 0 Å². The van der Waals surface area contributed by atoms with E-state index in [0.717, 1.165) is 12.1 Å². The fourth-order valence-electron chi connectivity index (χ4n) is 1.69. The molecule has 2 rings (SSSR count). The molecule has 22 heavy (non-hydrogen) atoms. The van der Waals surface area contributed by atoms with E-state index in [-0.39, 0.29) is 0 Å². The van der Waals surface area contributed by atoms with Gasteiger partial charge in [0.25, 0.3) is 0 Å². The molecule has 0 spiro atoms. The number of aliphatic imine (C=N–C) groups is 1. The van der Waals surface area contributed by atoms with E-state index in [4.69, 9.17) is 0 Å². The van der Waals surface area contributed by atoms with Crippen LogP contribution in [0, 0.1) is 0 Å². The number of rotatable bonds is 3. The fourth-order valence-corrected chi connectivity index (χ4v) is 1.69. The van der Waals surface area contributed by atoms with E-state index in [1.165, 1.54) is 5.56 Å². The van der Waals surface area contributed by atoms with Gasteiger partial charge in [-0.3, -0.25) is 4.48 Å². The molecule has 0 N–H and O–H groups in total. The van der Waals surface area contributed by atoms with Crippen molar-refractivity contribution in [3.63, 3.8) is 0 Å². The van der Waals surface area contributed by atoms with Crippen molar-refractivity contribution in [3.8, 4) is 0 Å². The Bertz CT molecular complexity index is 581. The summed E-state index contributed by atoms with van der Waals surface area (Å²) in [5, 5.41) is 0. The summed E-state index contributed by atoms with van der Waals surface area (Å²) in [4.78, 5) is 4.11. The molecule has 2 nitrogen and oxygen atoms in total. The van der Waals surface area contributed by atoms with Gasteiger partial charge in [0.1, 0.15) is 12.7 Å². The van der Waals surface area contributed by atoms with E-state index in [2.05, 4.69) is 37.0 Å². The van der Waals surface area contributed by atoms with Crippen molar-refractivity contribution in [1.29, 1.82) is 0 Å². The standard InChI is InChI=1S/C13H15N2.F6P/c1-12(13-6-4-3-5-7-13)10-15(2)9-8-14-11-15;1-7(2,3,4,5)6/h3-9,11H,1,10H2,2H3;/q+1;-1. The third-order valence-corrected chi connectivity index (χ3v) is 2.54. The summed E-state index contributed by atoms with van der Waals surface area (Å²) in [6.45, 7) is 4.99. The molecule has 0 aliphatic carbocycles. The van der Waals surface area contributed by atoms with Crippen LogP contribution in [0.15, 0.2) is 54.3 Å². The summed E-state index contributed by atoms with van der Waals surface area (Å²) in [6.07, 6.45) is 5.82. The molecule has 1 unspecified atom stereocenters. The third kappa shape index (κ3) is 9.31. The Kier molecular flexibility index (Phi) is 4.35. The first-order valence-corrected chi connectivity index (χ1v) is 8.04. The van der Waals surface area contributed by atoms with Crippen molar-refractivity contribution in [3.05, 3.63) is 54.9 Å². The number of benzene rings is 1. The van der Waals surface area contributed by atoms with Gasteiger partial charge in [-0.15, -0.1) is 0 Å². The number of hydrogen-bond acceptors (Lipinski definition) is 1. The number of halogens is 6. The molecule has 1 heterocycles. The van der Waals surface area contributed by atoms with Crippen molar-refractivity contribution < 1.29 is 29.7 Å². The molecule has 1 aliphatic rings. The SMILES string of the molecule is C=C(C[N+]1(C)C=CN=C1)c1ccccc1.F[P-](F)(F)(F)(F)F. The Balaban J connectivity index is 0.000000295. The first kappa shape index (κ1) is 18.4. The molecule has 124 valence electrons. The number of quaternary nitrogens is 1. The molecule has 0 saturated heterocycles. The first-order chi connectivity index (χ1) is 9.65. The van der Waals surface area contributed by atoms with Gasteiger partial charge in [0.05, 0.1) is 13.2 Å². The Morgan fingerprint density at radius 3 is 2.00 bits per heavy atom. The predicted molar refractivity (Wildman–Crippen MR) is 77.7 cm³/mol. The summed E-state index contributed by atoms with van der Waals surface area (Å²) >= 11 is 0. The molecule has 0 fully saturated rings. The number of hydrogen-bond donors (Lipinski definition) is 0. The summed E-state index contributed by atoms with van der Waals surface area (Å²) in [5.41, 5.74) is 2.33. The molecule has 9 heteroatoms. The number of likely N-dealkylation sites (N-methyl/N-ethyl adjacent to an activating group) is 1. The van der Waals surface area contributed by atoms with Gasteiger partial charge in [-0.1, -0.05) is 36.9 Å². The van der Waals surface area contributed by atoms with Crippen molar-refractivity contribution in [1.82, 2.24) is 0 Å². The molecular weight excluding hydrogens is 329 g/mol. The molecular formula is C13H15F6N2P. The van der Waals surface area contributed by atoms with Crippen LogP contribution in [0.3, 0.4) is 0 Å². The zero-order chi connectivity index (χ0) is 17.1. The summed E-state index contributed by atoms with van der Waals surface area (Å²) in [6, 6.07) is 10.3. The summed E-state index contributed by atoms with van der Waals surface area (Å²) in [7, 11) is -8.55. The molecule has 1 atom stereocenters. The average Bonchev–Trinajstić information content (AvgIpc) is 2.73. The Hall–Kier alpha value is -1.66. The van der Waals surface area contributed by atoms with Crippen LogP contribution in [0.5, 0.6) is 0 Å². The van der Waals surface area contributed by atoms with Crippen LogP contribution in [0.1, 0.15) is 5.56 Å². The van der Waals surface area contributed by atoms with Gasteiger partial charge >= 0.3 is 33.0 Å². The van der Waals surface area contributed by atoms with Gasteiger partial charge in [0, 0.05) is 5.57 Å². The van der Waals surface area contributed by atoms with E-state index >= 15 is 0 Å². The molecule has 0 aromatic heterocycles. The minimum atomic E-state index is -10.7. The molecule has 1 aliphatic heterocycles. The van der Waals surface area contributed by atoms with Gasteiger partial charge in [-0.2, -0.15) is 0 Å². The van der Waals surface area contributed by atoms with E-state index in [9.17, 15) is 25.2 Å². The molecule has 0 saturated carbocycles. The third-order valence-electron chi connectivity index (χ3n) is 2.54. The maximum atomic E-state index is 9.87. The summed E-state index contributed by atoms with van der Waals surface area (Å²) in [5.74, 6) is 0. The van der Waals surface area contributed by atoms with Gasteiger partial charge in [0.15, 0.2) is 6.34 Å². The molecule has 0 amide bonds. The Morgan fingerprint density at radius 2 is 1.59 bits per heavy atom. The van der Waals surface area contributed by atoms with Crippen LogP contribution < -0.4 is 0 Å². The topological polar surface area (TPSA) is 12.4 Å². The van der Waals surface area contributed by atoms with Gasteiger partial charge in [-0.25, -0.2) is 4.99 Å². The second-order valence-corrected chi connectivity index (χ2v) is 6.91. The normalized spacial score (nSPS) is 23.2. The van der Waals surface area contributed by atoms with Gasteiger partial charge < -0.3 is 0 Å². The van der Waals surface area contributed by atoms with Crippen LogP contribution >= 0.6 is 7.81 Å². The van der Waals surface area contributed by atoms with Crippen molar-refractivity contribution in [2.45, 2.75) is 0 Å². The maximum absolute atomic E-state index is 10.7. The molecule has 1 aromatic rings. The van der Waals surface area contributed by atoms with Crippen LogP contribution in [-0.4, -0.2) is 24.4 Å². The quantitative estimate of drug-likeness (QED) is 0.360. The average molecular weight is 344 g/mol. The van der Waals surface area contributed by atoms with Crippen LogP contribution in [-0.2, 0) is 0 Å². The van der Waals surface area contributed by atoms with Crippen molar-refractivity contribution in [2.24, 2.45) is 4.99 Å². The van der Waals surface area contributed by atoms with Gasteiger partial charge in [-0.05, 0) is 5.56 Å². The van der Waals surface area contributed by atoms with E-state index in [1.807, 2.05) is 30.7 Å². The first-order valence-electron chi connectivity index (χ1n) is 6.01. The predicted octanol–water partition coefficient (Wildman–Crippen LogP) is 6.04. The second kappa shape index (κ2) is 5.21. The Morgan fingerprint density at radius 1 is 1.09 bits per heavy atom. The zero-order valence-corrected chi connectivity index (χ0v) is 12.5. The fraction of sp³-hybridized carbons (Fsp3) is 0.154. The van der Waals surface area contributed by atoms with Gasteiger partial charge in [0.2, 0.25) is 0 Å². The minimum absolute atomic E-state index is 0.702. The van der Waals surface area contributed by atoms with E-state index < -0.39 is 7.81 Å². The van der Waals surface area contributed by atoms with E-state index in [0.29, 0.717) is 4.48 Å².